The van der Waals surface area contributed by atoms with E-state index in [4.69, 9.17) is 27.9 Å². The topological polar surface area (TPSA) is 75.7 Å². The molecular weight excluding hydrogens is 533 g/mol. The summed E-state index contributed by atoms with van der Waals surface area (Å²) in [6.07, 6.45) is 4.23. The fourth-order valence-corrected chi connectivity index (χ4v) is 5.16. The van der Waals surface area contributed by atoms with Crippen molar-refractivity contribution in [2.24, 2.45) is 5.41 Å². The molecule has 11 heteroatoms. The van der Waals surface area contributed by atoms with Crippen LogP contribution in [0.15, 0.2) is 24.3 Å². The number of nitrogens with one attached hydrogen (secondary N) is 1. The van der Waals surface area contributed by atoms with Gasteiger partial charge in [-0.25, -0.2) is 21.9 Å². The fourth-order valence-electron chi connectivity index (χ4n) is 4.38. The van der Waals surface area contributed by atoms with E-state index in [1.807, 2.05) is 4.72 Å². The summed E-state index contributed by atoms with van der Waals surface area (Å²) in [6, 6.07) is 5.37. The van der Waals surface area contributed by atoms with E-state index in [0.29, 0.717) is 35.1 Å². The van der Waals surface area contributed by atoms with Crippen LogP contribution >= 0.6 is 23.2 Å². The lowest BCUT2D eigenvalue weighted by Crippen LogP contribution is -2.41. The summed E-state index contributed by atoms with van der Waals surface area (Å²) >= 11 is 11.9. The number of halogens is 4. The average molecular weight is 561 g/mol. The molecule has 1 aliphatic heterocycles. The standard InChI is InChI=1S/C25H28Cl2F2N2O4S/c1-25(5-7-31(8-6-25)13-16-9-19(26)20(27)11-21(16)28)14-35-23-12-22(29)18(10-17(23)15-3-4-15)24(32)30-36(2,33)34/h9-12,15H,3-8,13-14H2,1-2H3,(H,30,32). The average Bonchev–Trinajstić information content (AvgIpc) is 3.62. The monoisotopic (exact) mass is 560 g/mol. The molecular formula is C25H28Cl2F2N2O4S. The Morgan fingerprint density at radius 3 is 2.36 bits per heavy atom. The van der Waals surface area contributed by atoms with Gasteiger partial charge >= 0.3 is 0 Å². The molecule has 2 aliphatic rings. The van der Waals surface area contributed by atoms with E-state index >= 15 is 0 Å². The number of carbonyl (C=O) groups excluding carboxylic acids is 1. The first-order chi connectivity index (χ1) is 16.8. The summed E-state index contributed by atoms with van der Waals surface area (Å²) in [5, 5.41) is 0.508. The summed E-state index contributed by atoms with van der Waals surface area (Å²) in [5.74, 6) is -1.68. The minimum atomic E-state index is -3.81. The van der Waals surface area contributed by atoms with Gasteiger partial charge in [0.1, 0.15) is 17.4 Å². The lowest BCUT2D eigenvalue weighted by Gasteiger charge is -2.39. The van der Waals surface area contributed by atoms with E-state index in [1.54, 1.807) is 6.07 Å². The molecule has 4 rings (SSSR count). The Bertz CT molecular complexity index is 1280. The number of nitrogens with zero attached hydrogens (tertiary/aromatic N) is 1. The zero-order valence-corrected chi connectivity index (χ0v) is 22.4. The van der Waals surface area contributed by atoms with Gasteiger partial charge < -0.3 is 4.74 Å². The highest BCUT2D eigenvalue weighted by molar-refractivity contribution is 7.89. The van der Waals surface area contributed by atoms with Gasteiger partial charge in [-0.3, -0.25) is 9.69 Å². The van der Waals surface area contributed by atoms with Crippen LogP contribution < -0.4 is 9.46 Å². The Labute approximate surface area is 220 Å². The molecule has 1 saturated heterocycles. The Kier molecular flexibility index (Phi) is 7.86. The second kappa shape index (κ2) is 10.4. The number of likely N-dealkylation sites (tertiary alicyclic amines) is 1. The third-order valence-corrected chi connectivity index (χ3v) is 8.04. The van der Waals surface area contributed by atoms with Crippen molar-refractivity contribution in [2.45, 2.75) is 45.1 Å². The van der Waals surface area contributed by atoms with Gasteiger partial charge in [0, 0.05) is 23.6 Å². The number of ether oxygens (including phenoxy) is 1. The second-order valence-electron chi connectivity index (χ2n) is 10.1. The number of sulfonamides is 1. The van der Waals surface area contributed by atoms with Crippen LogP contribution in [0.25, 0.3) is 0 Å². The molecule has 1 amide bonds. The Morgan fingerprint density at radius 1 is 1.11 bits per heavy atom. The maximum Gasteiger partial charge on any atom is 0.267 e. The molecule has 1 aliphatic carbocycles. The predicted octanol–water partition coefficient (Wildman–Crippen LogP) is 5.52. The molecule has 6 nitrogen and oxygen atoms in total. The molecule has 2 aromatic carbocycles. The smallest absolute Gasteiger partial charge is 0.267 e. The Balaban J connectivity index is 1.40. The molecule has 2 aromatic rings. The molecule has 0 atom stereocenters. The third-order valence-electron chi connectivity index (χ3n) is 6.76. The molecule has 0 aromatic heterocycles. The van der Waals surface area contributed by atoms with Gasteiger partial charge in [-0.1, -0.05) is 30.1 Å². The van der Waals surface area contributed by atoms with Gasteiger partial charge in [0.25, 0.3) is 5.91 Å². The van der Waals surface area contributed by atoms with Gasteiger partial charge in [-0.05, 0) is 68.5 Å². The number of piperidine rings is 1. The van der Waals surface area contributed by atoms with Crippen molar-refractivity contribution in [1.82, 2.24) is 9.62 Å². The van der Waals surface area contributed by atoms with Crippen LogP contribution in [-0.2, 0) is 16.6 Å². The number of carbonyl (C=O) groups is 1. The van der Waals surface area contributed by atoms with E-state index in [1.165, 1.54) is 18.2 Å². The van der Waals surface area contributed by atoms with Crippen molar-refractivity contribution in [3.8, 4) is 5.75 Å². The van der Waals surface area contributed by atoms with Crippen molar-refractivity contribution < 1.29 is 26.7 Å². The summed E-state index contributed by atoms with van der Waals surface area (Å²) in [6.45, 7) is 4.34. The second-order valence-corrected chi connectivity index (χ2v) is 12.6. The molecule has 196 valence electrons. The molecule has 2 fully saturated rings. The van der Waals surface area contributed by atoms with Gasteiger partial charge in [-0.15, -0.1) is 0 Å². The van der Waals surface area contributed by atoms with Crippen LogP contribution in [0.5, 0.6) is 5.75 Å². The lowest BCUT2D eigenvalue weighted by molar-refractivity contribution is 0.0646. The van der Waals surface area contributed by atoms with Crippen molar-refractivity contribution in [1.29, 1.82) is 0 Å². The van der Waals surface area contributed by atoms with Crippen molar-refractivity contribution in [3.63, 3.8) is 0 Å². The Hall–Kier alpha value is -1.94. The van der Waals surface area contributed by atoms with Gasteiger partial charge in [-0.2, -0.15) is 0 Å². The minimum absolute atomic E-state index is 0.154. The lowest BCUT2D eigenvalue weighted by atomic mass is 9.81. The van der Waals surface area contributed by atoms with Gasteiger partial charge in [0.05, 0.1) is 28.5 Å². The molecule has 1 saturated carbocycles. The highest BCUT2D eigenvalue weighted by atomic mass is 35.5. The number of rotatable bonds is 8. The molecule has 1 N–H and O–H groups in total. The SMILES string of the molecule is CC1(COc2cc(F)c(C(=O)NS(C)(=O)=O)cc2C2CC2)CCN(Cc2cc(Cl)c(Cl)cc2F)CC1. The number of benzene rings is 2. The summed E-state index contributed by atoms with van der Waals surface area (Å²) < 4.78 is 59.7. The first-order valence-corrected chi connectivity index (χ1v) is 14.3. The number of hydrogen-bond donors (Lipinski definition) is 1. The summed E-state index contributed by atoms with van der Waals surface area (Å²) in [4.78, 5) is 14.4. The first kappa shape index (κ1) is 27.1. The van der Waals surface area contributed by atoms with Crippen molar-refractivity contribution >= 4 is 39.1 Å². The zero-order chi connectivity index (χ0) is 26.3. The van der Waals surface area contributed by atoms with E-state index in [2.05, 4.69) is 11.8 Å². The molecule has 36 heavy (non-hydrogen) atoms. The van der Waals surface area contributed by atoms with Crippen LogP contribution in [0.2, 0.25) is 10.0 Å². The summed E-state index contributed by atoms with van der Waals surface area (Å²) in [7, 11) is -3.81. The van der Waals surface area contributed by atoms with Crippen molar-refractivity contribution in [3.05, 3.63) is 62.6 Å². The normalized spacial score (nSPS) is 18.2. The van der Waals surface area contributed by atoms with E-state index < -0.39 is 21.7 Å². The first-order valence-electron chi connectivity index (χ1n) is 11.7. The summed E-state index contributed by atoms with van der Waals surface area (Å²) in [5.41, 5.74) is 0.722. The maximum absolute atomic E-state index is 14.8. The van der Waals surface area contributed by atoms with Gasteiger partial charge in [0.2, 0.25) is 10.0 Å². The molecule has 1 heterocycles. The maximum atomic E-state index is 14.8. The van der Waals surface area contributed by atoms with Crippen LogP contribution in [-0.4, -0.2) is 45.2 Å². The largest absolute Gasteiger partial charge is 0.493 e. The predicted molar refractivity (Wildman–Crippen MR) is 135 cm³/mol. The molecule has 0 bridgehead atoms. The quantitative estimate of drug-likeness (QED) is 0.430. The van der Waals surface area contributed by atoms with E-state index in [-0.39, 0.29) is 27.7 Å². The molecule has 0 spiro atoms. The van der Waals surface area contributed by atoms with Crippen LogP contribution in [0.4, 0.5) is 8.78 Å². The number of amides is 1. The number of hydrogen-bond acceptors (Lipinski definition) is 5. The van der Waals surface area contributed by atoms with Gasteiger partial charge in [0.15, 0.2) is 0 Å². The highest BCUT2D eigenvalue weighted by Crippen LogP contribution is 2.46. The van der Waals surface area contributed by atoms with Crippen LogP contribution in [0.3, 0.4) is 0 Å². The van der Waals surface area contributed by atoms with E-state index in [0.717, 1.165) is 45.0 Å². The van der Waals surface area contributed by atoms with E-state index in [9.17, 15) is 22.0 Å². The third kappa shape index (κ3) is 6.68. The highest BCUT2D eigenvalue weighted by Gasteiger charge is 2.34. The fraction of sp³-hybridized carbons (Fsp3) is 0.480. The Morgan fingerprint density at radius 2 is 1.75 bits per heavy atom. The van der Waals surface area contributed by atoms with Crippen LogP contribution in [0.1, 0.15) is 60.0 Å². The van der Waals surface area contributed by atoms with Crippen molar-refractivity contribution in [2.75, 3.05) is 26.0 Å². The molecule has 0 unspecified atom stereocenters. The molecule has 0 radical (unpaired) electrons. The van der Waals surface area contributed by atoms with Crippen LogP contribution in [0, 0.1) is 17.0 Å². The zero-order valence-electron chi connectivity index (χ0n) is 20.0. The minimum Gasteiger partial charge on any atom is -0.493 e.